The third-order valence-corrected chi connectivity index (χ3v) is 4.45. The van der Waals surface area contributed by atoms with E-state index in [1.807, 2.05) is 0 Å². The van der Waals surface area contributed by atoms with Crippen molar-refractivity contribution in [1.82, 2.24) is 0 Å². The number of aliphatic hydroxyl groups is 1. The van der Waals surface area contributed by atoms with E-state index in [1.54, 1.807) is 13.8 Å². The predicted octanol–water partition coefficient (Wildman–Crippen LogP) is 2.02. The molecule has 0 radical (unpaired) electrons. The summed E-state index contributed by atoms with van der Waals surface area (Å²) < 4.78 is 47.7. The first-order chi connectivity index (χ1) is 10.1. The van der Waals surface area contributed by atoms with Crippen LogP contribution in [0.25, 0.3) is 0 Å². The van der Waals surface area contributed by atoms with Crippen LogP contribution in [0.4, 0.5) is 20.2 Å². The number of nitro groups is 1. The van der Waals surface area contributed by atoms with Gasteiger partial charge in [0, 0.05) is 6.07 Å². The molecule has 0 amide bonds. The molecule has 0 saturated heterocycles. The van der Waals surface area contributed by atoms with Gasteiger partial charge in [-0.05, 0) is 18.1 Å². The van der Waals surface area contributed by atoms with Gasteiger partial charge in [-0.15, -0.1) is 0 Å². The molecule has 0 spiro atoms. The Balaban J connectivity index is 3.30. The number of anilines is 1. The minimum absolute atomic E-state index is 0.0500. The van der Waals surface area contributed by atoms with Crippen LogP contribution in [0.1, 0.15) is 13.8 Å². The number of halogens is 2. The molecular weight excluding hydrogens is 322 g/mol. The minimum atomic E-state index is -4.91. The van der Waals surface area contributed by atoms with E-state index in [0.29, 0.717) is 6.07 Å². The molecule has 1 atom stereocenters. The highest BCUT2D eigenvalue weighted by atomic mass is 32.2. The molecule has 124 valence electrons. The zero-order chi connectivity index (χ0) is 17.1. The highest BCUT2D eigenvalue weighted by molar-refractivity contribution is 7.91. The molecule has 7 nitrogen and oxygen atoms in total. The van der Waals surface area contributed by atoms with Crippen LogP contribution in [0, 0.1) is 16.0 Å². The number of nitro benzene ring substituents is 1. The van der Waals surface area contributed by atoms with Crippen LogP contribution in [0.3, 0.4) is 0 Å². The smallest absolute Gasteiger partial charge is 0.341 e. The van der Waals surface area contributed by atoms with E-state index >= 15 is 0 Å². The summed E-state index contributed by atoms with van der Waals surface area (Å²) in [5.74, 6) is -3.72. The van der Waals surface area contributed by atoms with Crippen molar-refractivity contribution in [2.45, 2.75) is 30.5 Å². The van der Waals surface area contributed by atoms with Crippen LogP contribution in [0.5, 0.6) is 0 Å². The Morgan fingerprint density at radius 2 is 1.95 bits per heavy atom. The van der Waals surface area contributed by atoms with E-state index in [9.17, 15) is 32.4 Å². The van der Waals surface area contributed by atoms with Crippen molar-refractivity contribution in [2.24, 2.45) is 5.92 Å². The second-order valence-corrected chi connectivity index (χ2v) is 6.84. The SMILES string of the molecule is CC(C)[C@@H](CO)Nc1ccc(S(=O)(=O)C(F)F)cc1[N+](=O)[O-]. The zero-order valence-corrected chi connectivity index (χ0v) is 12.7. The minimum Gasteiger partial charge on any atom is -0.394 e. The summed E-state index contributed by atoms with van der Waals surface area (Å²) in [6, 6.07) is 1.99. The highest BCUT2D eigenvalue weighted by Crippen LogP contribution is 2.30. The third kappa shape index (κ3) is 3.89. The zero-order valence-electron chi connectivity index (χ0n) is 11.9. The topological polar surface area (TPSA) is 110 Å². The van der Waals surface area contributed by atoms with Crippen LogP contribution in [0.2, 0.25) is 0 Å². The first kappa shape index (κ1) is 18.2. The second-order valence-electron chi connectivity index (χ2n) is 4.92. The maximum absolute atomic E-state index is 12.5. The lowest BCUT2D eigenvalue weighted by atomic mass is 10.0. The molecule has 0 bridgehead atoms. The van der Waals surface area contributed by atoms with Gasteiger partial charge >= 0.3 is 5.76 Å². The summed E-state index contributed by atoms with van der Waals surface area (Å²) in [6.45, 7) is 3.25. The van der Waals surface area contributed by atoms with Crippen molar-refractivity contribution in [3.63, 3.8) is 0 Å². The van der Waals surface area contributed by atoms with Gasteiger partial charge in [0.25, 0.3) is 5.69 Å². The van der Waals surface area contributed by atoms with E-state index in [0.717, 1.165) is 12.1 Å². The van der Waals surface area contributed by atoms with Gasteiger partial charge < -0.3 is 10.4 Å². The van der Waals surface area contributed by atoms with Crippen molar-refractivity contribution in [2.75, 3.05) is 11.9 Å². The maximum atomic E-state index is 12.5. The van der Waals surface area contributed by atoms with Crippen molar-refractivity contribution in [3.05, 3.63) is 28.3 Å². The van der Waals surface area contributed by atoms with Crippen molar-refractivity contribution in [3.8, 4) is 0 Å². The Labute approximate surface area is 126 Å². The fourth-order valence-electron chi connectivity index (χ4n) is 1.69. The van der Waals surface area contributed by atoms with Gasteiger partial charge in [0.1, 0.15) is 5.69 Å². The third-order valence-electron chi connectivity index (χ3n) is 3.07. The lowest BCUT2D eigenvalue weighted by Gasteiger charge is -2.21. The average molecular weight is 338 g/mol. The van der Waals surface area contributed by atoms with Gasteiger partial charge in [0.2, 0.25) is 9.84 Å². The Morgan fingerprint density at radius 3 is 2.36 bits per heavy atom. The summed E-state index contributed by atoms with van der Waals surface area (Å²) in [5, 5.41) is 23.0. The summed E-state index contributed by atoms with van der Waals surface area (Å²) in [7, 11) is -4.91. The summed E-state index contributed by atoms with van der Waals surface area (Å²) in [4.78, 5) is 9.33. The molecular formula is C12H16F2N2O5S. The molecule has 0 aliphatic heterocycles. The molecule has 1 aromatic carbocycles. The van der Waals surface area contributed by atoms with Crippen molar-refractivity contribution >= 4 is 21.2 Å². The number of aliphatic hydroxyl groups excluding tert-OH is 1. The monoisotopic (exact) mass is 338 g/mol. The van der Waals surface area contributed by atoms with E-state index in [1.165, 1.54) is 0 Å². The van der Waals surface area contributed by atoms with E-state index in [4.69, 9.17) is 0 Å². The van der Waals surface area contributed by atoms with E-state index in [2.05, 4.69) is 5.32 Å². The van der Waals surface area contributed by atoms with Crippen LogP contribution >= 0.6 is 0 Å². The number of rotatable bonds is 7. The lowest BCUT2D eigenvalue weighted by molar-refractivity contribution is -0.384. The molecule has 2 N–H and O–H groups in total. The number of sulfone groups is 1. The van der Waals surface area contributed by atoms with Crippen molar-refractivity contribution < 1.29 is 27.2 Å². The molecule has 0 heterocycles. The Hall–Kier alpha value is -1.81. The largest absolute Gasteiger partial charge is 0.394 e. The van der Waals surface area contributed by atoms with Gasteiger partial charge in [-0.3, -0.25) is 10.1 Å². The lowest BCUT2D eigenvalue weighted by Crippen LogP contribution is -2.29. The van der Waals surface area contributed by atoms with Gasteiger partial charge in [0.05, 0.1) is 22.5 Å². The van der Waals surface area contributed by atoms with Gasteiger partial charge in [-0.2, -0.15) is 8.78 Å². The number of alkyl halides is 2. The number of hydrogen-bond acceptors (Lipinski definition) is 6. The molecule has 1 rings (SSSR count). The normalized spacial score (nSPS) is 13.4. The van der Waals surface area contributed by atoms with Gasteiger partial charge in [-0.25, -0.2) is 8.42 Å². The van der Waals surface area contributed by atoms with E-state index in [-0.39, 0.29) is 18.2 Å². The number of nitrogens with zero attached hydrogens (tertiary/aromatic N) is 1. The standard InChI is InChI=1S/C12H16F2N2O5S/c1-7(2)10(6-17)15-9-4-3-8(5-11(9)16(18)19)22(20,21)12(13)14/h3-5,7,10,12,15,17H,6H2,1-2H3/t10-/m1/s1. The van der Waals surface area contributed by atoms with Crippen LogP contribution in [-0.4, -0.2) is 36.9 Å². The molecule has 0 aliphatic rings. The molecule has 0 aromatic heterocycles. The van der Waals surface area contributed by atoms with Gasteiger partial charge in [-0.1, -0.05) is 13.8 Å². The first-order valence-electron chi connectivity index (χ1n) is 6.29. The molecule has 0 saturated carbocycles. The average Bonchev–Trinajstić information content (AvgIpc) is 2.43. The maximum Gasteiger partial charge on any atom is 0.341 e. The van der Waals surface area contributed by atoms with Crippen LogP contribution < -0.4 is 5.32 Å². The molecule has 22 heavy (non-hydrogen) atoms. The summed E-state index contributed by atoms with van der Waals surface area (Å²) in [5.41, 5.74) is -0.702. The second kappa shape index (κ2) is 6.97. The van der Waals surface area contributed by atoms with Crippen LogP contribution in [-0.2, 0) is 9.84 Å². The summed E-state index contributed by atoms with van der Waals surface area (Å²) >= 11 is 0. The molecule has 0 aliphatic carbocycles. The number of nitrogens with one attached hydrogen (secondary N) is 1. The fraction of sp³-hybridized carbons (Fsp3) is 0.500. The van der Waals surface area contributed by atoms with Crippen LogP contribution in [0.15, 0.2) is 23.1 Å². The number of benzene rings is 1. The predicted molar refractivity (Wildman–Crippen MR) is 75.6 cm³/mol. The van der Waals surface area contributed by atoms with Crippen molar-refractivity contribution in [1.29, 1.82) is 0 Å². The molecule has 0 fully saturated rings. The Morgan fingerprint density at radius 1 is 1.36 bits per heavy atom. The molecule has 0 unspecified atom stereocenters. The fourth-order valence-corrected chi connectivity index (χ4v) is 2.43. The quantitative estimate of drug-likeness (QED) is 0.581. The molecule has 10 heteroatoms. The Bertz CT molecular complexity index is 649. The summed E-state index contributed by atoms with van der Waals surface area (Å²) in [6.07, 6.45) is 0. The van der Waals surface area contributed by atoms with E-state index < -0.39 is 37.1 Å². The first-order valence-corrected chi connectivity index (χ1v) is 7.83. The Kier molecular flexibility index (Phi) is 5.78. The highest BCUT2D eigenvalue weighted by Gasteiger charge is 2.29. The number of hydrogen-bond donors (Lipinski definition) is 2. The molecule has 1 aromatic rings. The van der Waals surface area contributed by atoms with Gasteiger partial charge in [0.15, 0.2) is 0 Å².